The minimum Gasteiger partial charge on any atom is -0.481 e. The molecule has 0 amide bonds. The van der Waals surface area contributed by atoms with E-state index in [0.717, 1.165) is 6.92 Å². The molecule has 10 heavy (non-hydrogen) atoms. The normalized spacial score (nSPS) is 5.50. The van der Waals surface area contributed by atoms with E-state index in [9.17, 15) is 0 Å². The van der Waals surface area contributed by atoms with E-state index in [1.54, 1.807) is 0 Å². The Bertz CT molecular complexity index is 75.4. The summed E-state index contributed by atoms with van der Waals surface area (Å²) in [6, 6.07) is 0. The van der Waals surface area contributed by atoms with Crippen molar-refractivity contribution in [3.8, 4) is 0 Å². The molecule has 0 radical (unpaired) electrons. The van der Waals surface area contributed by atoms with Gasteiger partial charge in [0.05, 0.1) is 0 Å². The van der Waals surface area contributed by atoms with Crippen LogP contribution < -0.4 is 0 Å². The lowest BCUT2D eigenvalue weighted by molar-refractivity contribution is -0.134. The Kier molecular flexibility index (Phi) is 25.0. The van der Waals surface area contributed by atoms with Crippen LogP contribution >= 0.6 is 0 Å². The zero-order valence-electron chi connectivity index (χ0n) is 6.98. The number of carboxylic acid groups (broad SMARTS) is 1. The number of hydrogen-bond donors (Lipinski definition) is 1. The Labute approximate surface area is 62.9 Å². The summed E-state index contributed by atoms with van der Waals surface area (Å²) in [6.45, 7) is 14.6. The highest BCUT2D eigenvalue weighted by Crippen LogP contribution is 1.73. The first-order chi connectivity index (χ1) is 4.46. The van der Waals surface area contributed by atoms with Crippen molar-refractivity contribution in [3.63, 3.8) is 0 Å². The van der Waals surface area contributed by atoms with Crippen LogP contribution in [0, 0.1) is 0 Å². The molecular weight excluding hydrogens is 128 g/mol. The van der Waals surface area contributed by atoms with Gasteiger partial charge in [-0.2, -0.15) is 0 Å². The van der Waals surface area contributed by atoms with Gasteiger partial charge in [-0.05, 0) is 13.8 Å². The number of carbonyl (C=O) groups is 1. The summed E-state index contributed by atoms with van der Waals surface area (Å²) in [4.78, 5) is 9.00. The summed E-state index contributed by atoms with van der Waals surface area (Å²) in [5.41, 5.74) is 1.17. The molecule has 0 fully saturated rings. The molecule has 0 aromatic heterocycles. The molecule has 0 aliphatic rings. The van der Waals surface area contributed by atoms with E-state index in [1.807, 2.05) is 13.8 Å². The molecule has 0 saturated heterocycles. The summed E-state index contributed by atoms with van der Waals surface area (Å²) < 4.78 is 0. The van der Waals surface area contributed by atoms with Crippen molar-refractivity contribution < 1.29 is 9.90 Å². The fourth-order valence-electron chi connectivity index (χ4n) is 0. The van der Waals surface area contributed by atoms with Gasteiger partial charge >= 0.3 is 0 Å². The van der Waals surface area contributed by atoms with Crippen LogP contribution in [0.25, 0.3) is 0 Å². The number of hydrogen-bond acceptors (Lipinski definition) is 1. The van der Waals surface area contributed by atoms with Crippen LogP contribution in [0.1, 0.15) is 20.8 Å². The highest BCUT2D eigenvalue weighted by molar-refractivity contribution is 5.62. The van der Waals surface area contributed by atoms with Gasteiger partial charge in [0.1, 0.15) is 0 Å². The fraction of sp³-hybridized carbons (Fsp3) is 0.375. The van der Waals surface area contributed by atoms with Crippen LogP contribution in [0.5, 0.6) is 0 Å². The first-order valence-corrected chi connectivity index (χ1v) is 2.78. The number of rotatable bonds is 0. The smallest absolute Gasteiger partial charge is 0.300 e. The quantitative estimate of drug-likeness (QED) is 0.530. The van der Waals surface area contributed by atoms with Crippen molar-refractivity contribution in [1.29, 1.82) is 0 Å². The van der Waals surface area contributed by atoms with Crippen molar-refractivity contribution in [1.82, 2.24) is 0 Å². The van der Waals surface area contributed by atoms with E-state index in [1.165, 1.54) is 5.57 Å². The van der Waals surface area contributed by atoms with E-state index < -0.39 is 5.97 Å². The molecular formula is C8H16O2. The monoisotopic (exact) mass is 144 g/mol. The molecule has 0 aliphatic heterocycles. The lowest BCUT2D eigenvalue weighted by Crippen LogP contribution is -1.78. The number of allylic oxidation sites excluding steroid dienone is 1. The van der Waals surface area contributed by atoms with Crippen molar-refractivity contribution in [2.45, 2.75) is 20.8 Å². The second-order valence-electron chi connectivity index (χ2n) is 1.73. The predicted octanol–water partition coefficient (Wildman–Crippen LogP) is 2.48. The second kappa shape index (κ2) is 15.7. The van der Waals surface area contributed by atoms with Gasteiger partial charge in [-0.15, -0.1) is 19.7 Å². The van der Waals surface area contributed by atoms with Crippen LogP contribution in [0.15, 0.2) is 25.3 Å². The molecule has 2 nitrogen and oxygen atoms in total. The van der Waals surface area contributed by atoms with Crippen LogP contribution in [-0.2, 0) is 4.79 Å². The summed E-state index contributed by atoms with van der Waals surface area (Å²) in [5.74, 6) is -0.833. The maximum absolute atomic E-state index is 9.00. The Morgan fingerprint density at radius 3 is 1.20 bits per heavy atom. The Hall–Kier alpha value is -1.05. The van der Waals surface area contributed by atoms with Crippen molar-refractivity contribution in [3.05, 3.63) is 25.3 Å². The molecule has 0 bridgehead atoms. The molecule has 0 aromatic carbocycles. The predicted molar refractivity (Wildman–Crippen MR) is 45.1 cm³/mol. The van der Waals surface area contributed by atoms with Gasteiger partial charge in [0.2, 0.25) is 0 Å². The average molecular weight is 144 g/mol. The molecule has 60 valence electrons. The van der Waals surface area contributed by atoms with Gasteiger partial charge in [-0.25, -0.2) is 0 Å². The molecule has 1 N–H and O–H groups in total. The third-order valence-electron chi connectivity index (χ3n) is 0. The molecule has 2 heteroatoms. The summed E-state index contributed by atoms with van der Waals surface area (Å²) in [5, 5.41) is 7.42. The standard InChI is InChI=1S/C4H8.C2H4O2.C2H4/c1-4(2)3;1-2(3)4;1-2/h1H2,2-3H3;1H3,(H,3,4);1-2H2. The highest BCUT2D eigenvalue weighted by Gasteiger charge is 1.65. The van der Waals surface area contributed by atoms with Gasteiger partial charge in [-0.3, -0.25) is 4.79 Å². The van der Waals surface area contributed by atoms with E-state index in [0.29, 0.717) is 0 Å². The Balaban J connectivity index is -0.0000000787. The summed E-state index contributed by atoms with van der Waals surface area (Å²) >= 11 is 0. The average Bonchev–Trinajstić information content (AvgIpc) is 1.66. The second-order valence-corrected chi connectivity index (χ2v) is 1.73. The zero-order valence-corrected chi connectivity index (χ0v) is 6.98. The molecule has 0 rings (SSSR count). The minimum atomic E-state index is -0.833. The fourth-order valence-corrected chi connectivity index (χ4v) is 0. The largest absolute Gasteiger partial charge is 0.481 e. The van der Waals surface area contributed by atoms with E-state index in [4.69, 9.17) is 9.90 Å². The lowest BCUT2D eigenvalue weighted by Gasteiger charge is -1.65. The first kappa shape index (κ1) is 16.0. The van der Waals surface area contributed by atoms with Crippen LogP contribution in [0.2, 0.25) is 0 Å². The van der Waals surface area contributed by atoms with E-state index in [2.05, 4.69) is 19.7 Å². The summed E-state index contributed by atoms with van der Waals surface area (Å²) in [7, 11) is 0. The van der Waals surface area contributed by atoms with Crippen molar-refractivity contribution in [2.75, 3.05) is 0 Å². The van der Waals surface area contributed by atoms with Gasteiger partial charge in [0.15, 0.2) is 0 Å². The topological polar surface area (TPSA) is 37.3 Å². The zero-order chi connectivity index (χ0) is 9.15. The summed E-state index contributed by atoms with van der Waals surface area (Å²) in [6.07, 6.45) is 0. The first-order valence-electron chi connectivity index (χ1n) is 2.78. The molecule has 0 aromatic rings. The van der Waals surface area contributed by atoms with Gasteiger partial charge < -0.3 is 5.11 Å². The minimum absolute atomic E-state index is 0.833. The van der Waals surface area contributed by atoms with Crippen LogP contribution in [0.4, 0.5) is 0 Å². The number of aliphatic carboxylic acids is 1. The van der Waals surface area contributed by atoms with E-state index in [-0.39, 0.29) is 0 Å². The molecule has 0 atom stereocenters. The third-order valence-corrected chi connectivity index (χ3v) is 0. The molecule has 0 saturated carbocycles. The van der Waals surface area contributed by atoms with Gasteiger partial charge in [0.25, 0.3) is 5.97 Å². The maximum atomic E-state index is 9.00. The van der Waals surface area contributed by atoms with Crippen molar-refractivity contribution >= 4 is 5.97 Å². The molecule has 0 spiro atoms. The van der Waals surface area contributed by atoms with Crippen LogP contribution in [0.3, 0.4) is 0 Å². The lowest BCUT2D eigenvalue weighted by atomic mass is 10.4. The maximum Gasteiger partial charge on any atom is 0.300 e. The van der Waals surface area contributed by atoms with Crippen LogP contribution in [-0.4, -0.2) is 11.1 Å². The molecule has 0 unspecified atom stereocenters. The van der Waals surface area contributed by atoms with Crippen molar-refractivity contribution in [2.24, 2.45) is 0 Å². The van der Waals surface area contributed by atoms with E-state index >= 15 is 0 Å². The molecule has 0 aliphatic carbocycles. The Morgan fingerprint density at radius 1 is 1.20 bits per heavy atom. The highest BCUT2D eigenvalue weighted by atomic mass is 16.4. The van der Waals surface area contributed by atoms with Gasteiger partial charge in [-0.1, -0.05) is 5.57 Å². The SMILES string of the molecule is C=C.C=C(C)C.CC(=O)O. The molecule has 0 heterocycles. The third kappa shape index (κ3) is 223. The van der Waals surface area contributed by atoms with Gasteiger partial charge in [0, 0.05) is 6.92 Å². The Morgan fingerprint density at radius 2 is 1.20 bits per heavy atom. The number of carboxylic acids is 1.